The van der Waals surface area contributed by atoms with Crippen molar-refractivity contribution in [2.24, 2.45) is 7.05 Å². The van der Waals surface area contributed by atoms with E-state index in [4.69, 9.17) is 0 Å². The molecule has 0 unspecified atom stereocenters. The summed E-state index contributed by atoms with van der Waals surface area (Å²) in [5.74, 6) is -2.53. The minimum atomic E-state index is -4.77. The van der Waals surface area contributed by atoms with Gasteiger partial charge in [0.25, 0.3) is 5.91 Å². The molecule has 0 radical (unpaired) electrons. The topological polar surface area (TPSA) is 99.5 Å². The van der Waals surface area contributed by atoms with Gasteiger partial charge in [0.1, 0.15) is 5.69 Å². The van der Waals surface area contributed by atoms with E-state index in [0.717, 1.165) is 18.9 Å². The molecule has 1 amide bonds. The van der Waals surface area contributed by atoms with E-state index >= 15 is 0 Å². The Labute approximate surface area is 164 Å². The molecular formula is C16H13BrF3N3O5. The number of esters is 2. The number of hydrogen-bond acceptors (Lipinski definition) is 6. The lowest BCUT2D eigenvalue weighted by molar-refractivity contribution is -0.142. The molecule has 8 nitrogen and oxygen atoms in total. The van der Waals surface area contributed by atoms with Gasteiger partial charge < -0.3 is 14.8 Å². The minimum absolute atomic E-state index is 0.0324. The van der Waals surface area contributed by atoms with E-state index in [9.17, 15) is 27.6 Å². The number of halogens is 4. The summed E-state index contributed by atoms with van der Waals surface area (Å²) in [5, 5.41) is 5.63. The van der Waals surface area contributed by atoms with Gasteiger partial charge in [-0.15, -0.1) is 0 Å². The Kier molecular flexibility index (Phi) is 6.12. The van der Waals surface area contributed by atoms with E-state index < -0.39 is 39.9 Å². The Morgan fingerprint density at radius 3 is 1.96 bits per heavy atom. The molecule has 0 spiro atoms. The first-order chi connectivity index (χ1) is 13.0. The average molecular weight is 464 g/mol. The Bertz CT molecular complexity index is 921. The van der Waals surface area contributed by atoms with Gasteiger partial charge in [-0.05, 0) is 34.1 Å². The fourth-order valence-corrected chi connectivity index (χ4v) is 3.03. The highest BCUT2D eigenvalue weighted by atomic mass is 79.9. The highest BCUT2D eigenvalue weighted by Crippen LogP contribution is 2.35. The molecule has 12 heteroatoms. The molecule has 0 aliphatic heterocycles. The molecule has 150 valence electrons. The van der Waals surface area contributed by atoms with Crippen LogP contribution in [0.25, 0.3) is 0 Å². The maximum atomic E-state index is 13.0. The van der Waals surface area contributed by atoms with Gasteiger partial charge in [-0.2, -0.15) is 18.3 Å². The van der Waals surface area contributed by atoms with Crippen LogP contribution in [0.3, 0.4) is 0 Å². The zero-order valence-electron chi connectivity index (χ0n) is 14.7. The van der Waals surface area contributed by atoms with Crippen molar-refractivity contribution in [1.82, 2.24) is 9.78 Å². The van der Waals surface area contributed by atoms with Crippen LogP contribution in [0.4, 0.5) is 18.9 Å². The number of amides is 1. The number of rotatable bonds is 4. The van der Waals surface area contributed by atoms with E-state index in [-0.39, 0.29) is 16.8 Å². The van der Waals surface area contributed by atoms with Gasteiger partial charge in [-0.1, -0.05) is 0 Å². The molecule has 0 saturated heterocycles. The predicted molar refractivity (Wildman–Crippen MR) is 93.0 cm³/mol. The number of nitrogens with zero attached hydrogens (tertiary/aromatic N) is 2. The lowest BCUT2D eigenvalue weighted by Gasteiger charge is -2.10. The number of benzene rings is 1. The smallest absolute Gasteiger partial charge is 0.436 e. The number of methoxy groups -OCH3 is 2. The quantitative estimate of drug-likeness (QED) is 0.699. The zero-order valence-corrected chi connectivity index (χ0v) is 16.3. The molecule has 0 aliphatic rings. The standard InChI is InChI=1S/C16H13BrF3N3O5/c1-23-11(10(17)12(22-23)16(18,19)20)13(24)21-9-5-7(14(25)27-2)4-8(6-9)15(26)28-3/h4-6H,1-3H3,(H,21,24). The van der Waals surface area contributed by atoms with E-state index in [1.54, 1.807) is 0 Å². The van der Waals surface area contributed by atoms with Crippen molar-refractivity contribution in [3.63, 3.8) is 0 Å². The summed E-state index contributed by atoms with van der Waals surface area (Å²) < 4.78 is 48.2. The predicted octanol–water partition coefficient (Wildman–Crippen LogP) is 3.03. The third-order valence-corrected chi connectivity index (χ3v) is 4.26. The van der Waals surface area contributed by atoms with Crippen molar-refractivity contribution in [2.75, 3.05) is 19.5 Å². The maximum absolute atomic E-state index is 13.0. The van der Waals surface area contributed by atoms with Gasteiger partial charge in [0, 0.05) is 12.7 Å². The lowest BCUT2D eigenvalue weighted by atomic mass is 10.1. The van der Waals surface area contributed by atoms with Gasteiger partial charge in [-0.3, -0.25) is 9.48 Å². The van der Waals surface area contributed by atoms with Crippen LogP contribution in [0.2, 0.25) is 0 Å². The van der Waals surface area contributed by atoms with Crippen LogP contribution in [0.1, 0.15) is 36.9 Å². The SMILES string of the molecule is COC(=O)c1cc(NC(=O)c2c(Br)c(C(F)(F)F)nn2C)cc(C(=O)OC)c1. The molecule has 2 rings (SSSR count). The number of ether oxygens (including phenoxy) is 2. The number of carbonyl (C=O) groups is 3. The fourth-order valence-electron chi connectivity index (χ4n) is 2.29. The number of alkyl halides is 3. The summed E-state index contributed by atoms with van der Waals surface area (Å²) in [7, 11) is 3.41. The van der Waals surface area contributed by atoms with E-state index in [1.165, 1.54) is 25.2 Å². The molecule has 2 aromatic rings. The van der Waals surface area contributed by atoms with Gasteiger partial charge >= 0.3 is 18.1 Å². The molecule has 1 N–H and O–H groups in total. The van der Waals surface area contributed by atoms with Crippen LogP contribution in [0, 0.1) is 0 Å². The molecule has 1 aromatic carbocycles. The van der Waals surface area contributed by atoms with Crippen LogP contribution in [0.15, 0.2) is 22.7 Å². The monoisotopic (exact) mass is 463 g/mol. The van der Waals surface area contributed by atoms with Crippen LogP contribution in [-0.4, -0.2) is 41.8 Å². The molecule has 1 heterocycles. The van der Waals surface area contributed by atoms with Crippen molar-refractivity contribution in [1.29, 1.82) is 0 Å². The molecule has 0 saturated carbocycles. The number of nitrogens with one attached hydrogen (secondary N) is 1. The van der Waals surface area contributed by atoms with Crippen molar-refractivity contribution < 1.29 is 37.0 Å². The zero-order chi connectivity index (χ0) is 21.2. The number of aromatic nitrogens is 2. The summed E-state index contributed by atoms with van der Waals surface area (Å²) in [6.45, 7) is 0. The van der Waals surface area contributed by atoms with Crippen LogP contribution in [-0.2, 0) is 22.7 Å². The van der Waals surface area contributed by atoms with Crippen molar-refractivity contribution in [2.45, 2.75) is 6.18 Å². The number of hydrogen-bond donors (Lipinski definition) is 1. The number of anilines is 1. The number of carbonyl (C=O) groups excluding carboxylic acids is 3. The molecule has 1 aromatic heterocycles. The fraction of sp³-hybridized carbons (Fsp3) is 0.250. The van der Waals surface area contributed by atoms with Gasteiger partial charge in [-0.25, -0.2) is 9.59 Å². The second-order valence-electron chi connectivity index (χ2n) is 5.37. The summed E-state index contributed by atoms with van der Waals surface area (Å²) in [6, 6.07) is 3.59. The van der Waals surface area contributed by atoms with Crippen LogP contribution < -0.4 is 5.32 Å². The van der Waals surface area contributed by atoms with E-state index in [1.807, 2.05) is 0 Å². The molecule has 0 bridgehead atoms. The summed E-state index contributed by atoms with van der Waals surface area (Å²) in [6.07, 6.45) is -4.77. The first kappa shape index (κ1) is 21.4. The second-order valence-corrected chi connectivity index (χ2v) is 6.16. The molecule has 0 aliphatic carbocycles. The Morgan fingerprint density at radius 2 is 1.57 bits per heavy atom. The largest absolute Gasteiger partial charge is 0.465 e. The Balaban J connectivity index is 2.45. The van der Waals surface area contributed by atoms with Crippen molar-refractivity contribution >= 4 is 39.5 Å². The first-order valence-electron chi connectivity index (χ1n) is 7.42. The van der Waals surface area contributed by atoms with Gasteiger partial charge in [0.15, 0.2) is 5.69 Å². The Morgan fingerprint density at radius 1 is 1.07 bits per heavy atom. The lowest BCUT2D eigenvalue weighted by Crippen LogP contribution is -2.18. The van der Waals surface area contributed by atoms with Gasteiger partial charge in [0.2, 0.25) is 0 Å². The molecule has 28 heavy (non-hydrogen) atoms. The van der Waals surface area contributed by atoms with Crippen molar-refractivity contribution in [3.05, 3.63) is 45.2 Å². The Hall–Kier alpha value is -2.89. The summed E-state index contributed by atoms with van der Waals surface area (Å²) >= 11 is 2.74. The van der Waals surface area contributed by atoms with E-state index in [0.29, 0.717) is 0 Å². The average Bonchev–Trinajstić information content (AvgIpc) is 2.94. The van der Waals surface area contributed by atoms with Crippen molar-refractivity contribution in [3.8, 4) is 0 Å². The maximum Gasteiger partial charge on any atom is 0.436 e. The normalized spacial score (nSPS) is 11.1. The van der Waals surface area contributed by atoms with E-state index in [2.05, 4.69) is 35.8 Å². The summed E-state index contributed by atoms with van der Waals surface area (Å²) in [5.41, 5.74) is -1.84. The first-order valence-corrected chi connectivity index (χ1v) is 8.21. The third-order valence-electron chi connectivity index (χ3n) is 3.51. The molecule has 0 atom stereocenters. The molecule has 0 fully saturated rings. The highest BCUT2D eigenvalue weighted by Gasteiger charge is 2.39. The number of aryl methyl sites for hydroxylation is 1. The second kappa shape index (κ2) is 8.00. The third kappa shape index (κ3) is 4.32. The molecular weight excluding hydrogens is 451 g/mol. The minimum Gasteiger partial charge on any atom is -0.465 e. The van der Waals surface area contributed by atoms with Gasteiger partial charge in [0.05, 0.1) is 29.8 Å². The summed E-state index contributed by atoms with van der Waals surface area (Å²) in [4.78, 5) is 36.0. The van der Waals surface area contributed by atoms with Crippen LogP contribution >= 0.6 is 15.9 Å². The van der Waals surface area contributed by atoms with Crippen LogP contribution in [0.5, 0.6) is 0 Å². The highest BCUT2D eigenvalue weighted by molar-refractivity contribution is 9.10.